The highest BCUT2D eigenvalue weighted by molar-refractivity contribution is 7.80. The van der Waals surface area contributed by atoms with Crippen LogP contribution in [0.25, 0.3) is 10.2 Å². The van der Waals surface area contributed by atoms with Gasteiger partial charge in [0.2, 0.25) is 0 Å². The van der Waals surface area contributed by atoms with E-state index in [1.807, 2.05) is 13.0 Å². The summed E-state index contributed by atoms with van der Waals surface area (Å²) in [7, 11) is 0. The van der Waals surface area contributed by atoms with Gasteiger partial charge in [0.05, 0.1) is 10.2 Å². The van der Waals surface area contributed by atoms with Crippen LogP contribution in [0.1, 0.15) is 5.56 Å². The Labute approximate surface area is 79.8 Å². The molecule has 0 radical (unpaired) electrons. The molecule has 1 heterocycles. The first-order chi connectivity index (χ1) is 5.66. The van der Waals surface area contributed by atoms with Crippen molar-refractivity contribution in [2.75, 3.05) is 5.73 Å². The average Bonchev–Trinajstić information content (AvgIpc) is 2.29. The summed E-state index contributed by atoms with van der Waals surface area (Å²) in [5, 5.41) is 0.603. The van der Waals surface area contributed by atoms with Crippen molar-refractivity contribution in [1.82, 2.24) is 4.98 Å². The molecule has 0 spiro atoms. The predicted octanol–water partition coefficient (Wildman–Crippen LogP) is 2.48. The van der Waals surface area contributed by atoms with Crippen molar-refractivity contribution in [3.8, 4) is 0 Å². The van der Waals surface area contributed by atoms with Crippen LogP contribution in [-0.4, -0.2) is 4.98 Å². The van der Waals surface area contributed by atoms with Crippen LogP contribution in [-0.2, 0) is 0 Å². The average molecular weight is 196 g/mol. The second kappa shape index (κ2) is 2.64. The van der Waals surface area contributed by atoms with E-state index in [2.05, 4.69) is 23.7 Å². The molecule has 0 atom stereocenters. The lowest BCUT2D eigenvalue weighted by Crippen LogP contribution is -1.80. The minimum absolute atomic E-state index is 0.603. The summed E-state index contributed by atoms with van der Waals surface area (Å²) < 4.78 is 1.11. The molecule has 12 heavy (non-hydrogen) atoms. The zero-order valence-electron chi connectivity index (χ0n) is 6.53. The fourth-order valence-corrected chi connectivity index (χ4v) is 2.47. The number of fused-ring (bicyclic) bond motifs is 1. The number of hydrogen-bond acceptors (Lipinski definition) is 4. The van der Waals surface area contributed by atoms with Crippen LogP contribution < -0.4 is 5.73 Å². The number of nitrogen functional groups attached to an aromatic ring is 1. The summed E-state index contributed by atoms with van der Waals surface area (Å²) in [6.45, 7) is 2.04. The summed E-state index contributed by atoms with van der Waals surface area (Å²) in [5.41, 5.74) is 7.68. The maximum Gasteiger partial charge on any atom is 0.181 e. The van der Waals surface area contributed by atoms with E-state index in [-0.39, 0.29) is 0 Å². The lowest BCUT2D eigenvalue weighted by atomic mass is 10.2. The van der Waals surface area contributed by atoms with Gasteiger partial charge in [-0.05, 0) is 24.6 Å². The molecule has 0 amide bonds. The summed E-state index contributed by atoms with van der Waals surface area (Å²) in [5.74, 6) is 0. The molecule has 62 valence electrons. The second-order valence-corrected chi connectivity index (χ2v) is 4.23. The Morgan fingerprint density at radius 3 is 3.00 bits per heavy atom. The van der Waals surface area contributed by atoms with E-state index in [4.69, 9.17) is 5.73 Å². The quantitative estimate of drug-likeness (QED) is 0.635. The molecule has 2 N–H and O–H groups in total. The minimum Gasteiger partial charge on any atom is -0.375 e. The van der Waals surface area contributed by atoms with E-state index in [0.29, 0.717) is 5.13 Å². The first kappa shape index (κ1) is 7.89. The van der Waals surface area contributed by atoms with E-state index in [9.17, 15) is 0 Å². The minimum atomic E-state index is 0.603. The molecule has 0 aliphatic heterocycles. The van der Waals surface area contributed by atoms with Gasteiger partial charge in [0.25, 0.3) is 0 Å². The van der Waals surface area contributed by atoms with Gasteiger partial charge in [-0.3, -0.25) is 0 Å². The standard InChI is InChI=1S/C8H8N2S2/c1-4-2-5(11)7-6(3-4)12-8(9)10-7/h2-3,11H,1H3,(H2,9,10). The number of thiazole rings is 1. The highest BCUT2D eigenvalue weighted by Crippen LogP contribution is 2.29. The van der Waals surface area contributed by atoms with E-state index in [1.165, 1.54) is 16.9 Å². The Balaban J connectivity index is 2.88. The van der Waals surface area contributed by atoms with Crippen LogP contribution in [0.3, 0.4) is 0 Å². The van der Waals surface area contributed by atoms with Crippen molar-refractivity contribution in [1.29, 1.82) is 0 Å². The van der Waals surface area contributed by atoms with Crippen molar-refractivity contribution < 1.29 is 0 Å². The molecule has 0 aliphatic rings. The number of aromatic nitrogens is 1. The summed E-state index contributed by atoms with van der Waals surface area (Å²) >= 11 is 5.82. The zero-order chi connectivity index (χ0) is 8.72. The monoisotopic (exact) mass is 196 g/mol. The maximum atomic E-state index is 5.58. The normalized spacial score (nSPS) is 10.8. The van der Waals surface area contributed by atoms with Crippen LogP contribution >= 0.6 is 24.0 Å². The van der Waals surface area contributed by atoms with Gasteiger partial charge in [0.1, 0.15) is 0 Å². The van der Waals surface area contributed by atoms with Gasteiger partial charge < -0.3 is 5.73 Å². The van der Waals surface area contributed by atoms with Gasteiger partial charge in [-0.2, -0.15) is 0 Å². The van der Waals surface area contributed by atoms with Gasteiger partial charge in [0.15, 0.2) is 5.13 Å². The largest absolute Gasteiger partial charge is 0.375 e. The van der Waals surface area contributed by atoms with Crippen molar-refractivity contribution in [3.05, 3.63) is 17.7 Å². The molecule has 0 saturated carbocycles. The number of rotatable bonds is 0. The Hall–Kier alpha value is -0.740. The van der Waals surface area contributed by atoms with E-state index in [0.717, 1.165) is 15.1 Å². The highest BCUT2D eigenvalue weighted by atomic mass is 32.1. The Morgan fingerprint density at radius 2 is 2.25 bits per heavy atom. The third-order valence-corrected chi connectivity index (χ3v) is 2.81. The lowest BCUT2D eigenvalue weighted by molar-refractivity contribution is 1.37. The fourth-order valence-electron chi connectivity index (χ4n) is 1.16. The van der Waals surface area contributed by atoms with Crippen LogP contribution in [0.4, 0.5) is 5.13 Å². The van der Waals surface area contributed by atoms with E-state index >= 15 is 0 Å². The zero-order valence-corrected chi connectivity index (χ0v) is 8.25. The Morgan fingerprint density at radius 1 is 1.50 bits per heavy atom. The lowest BCUT2D eigenvalue weighted by Gasteiger charge is -1.94. The van der Waals surface area contributed by atoms with Crippen molar-refractivity contribution in [3.63, 3.8) is 0 Å². The third-order valence-electron chi connectivity index (χ3n) is 1.64. The molecule has 2 aromatic rings. The van der Waals surface area contributed by atoms with Crippen molar-refractivity contribution >= 4 is 39.3 Å². The molecule has 0 fully saturated rings. The van der Waals surface area contributed by atoms with Gasteiger partial charge in [-0.1, -0.05) is 11.3 Å². The second-order valence-electron chi connectivity index (χ2n) is 2.68. The topological polar surface area (TPSA) is 38.9 Å². The highest BCUT2D eigenvalue weighted by Gasteiger charge is 2.04. The van der Waals surface area contributed by atoms with Gasteiger partial charge in [-0.25, -0.2) is 4.98 Å². The number of anilines is 1. The summed E-state index contributed by atoms with van der Waals surface area (Å²) in [6.07, 6.45) is 0. The third kappa shape index (κ3) is 1.17. The molecule has 0 saturated heterocycles. The molecule has 0 unspecified atom stereocenters. The van der Waals surface area contributed by atoms with Crippen molar-refractivity contribution in [2.45, 2.75) is 11.8 Å². The number of nitrogens with zero attached hydrogens (tertiary/aromatic N) is 1. The molecule has 0 aliphatic carbocycles. The van der Waals surface area contributed by atoms with Crippen LogP contribution in [0.5, 0.6) is 0 Å². The van der Waals surface area contributed by atoms with E-state index < -0.39 is 0 Å². The van der Waals surface area contributed by atoms with Gasteiger partial charge >= 0.3 is 0 Å². The smallest absolute Gasteiger partial charge is 0.181 e. The van der Waals surface area contributed by atoms with Crippen LogP contribution in [0.15, 0.2) is 17.0 Å². The van der Waals surface area contributed by atoms with E-state index in [1.54, 1.807) is 0 Å². The van der Waals surface area contributed by atoms with Crippen LogP contribution in [0, 0.1) is 6.92 Å². The molecule has 4 heteroatoms. The number of benzene rings is 1. The first-order valence-corrected chi connectivity index (χ1v) is 4.79. The number of thiol groups is 1. The first-order valence-electron chi connectivity index (χ1n) is 3.52. The molecule has 2 nitrogen and oxygen atoms in total. The number of nitrogens with two attached hydrogens (primary N) is 1. The Kier molecular flexibility index (Phi) is 1.73. The summed E-state index contributed by atoms with van der Waals surface area (Å²) in [4.78, 5) is 5.07. The molecular weight excluding hydrogens is 188 g/mol. The molecule has 0 bridgehead atoms. The SMILES string of the molecule is Cc1cc(S)c2nc(N)sc2c1. The summed E-state index contributed by atoms with van der Waals surface area (Å²) in [6, 6.07) is 4.06. The fraction of sp³-hybridized carbons (Fsp3) is 0.125. The molecule has 1 aromatic carbocycles. The predicted molar refractivity (Wildman–Crippen MR) is 56.0 cm³/mol. The molecular formula is C8H8N2S2. The Bertz CT molecular complexity index is 434. The van der Waals surface area contributed by atoms with Gasteiger partial charge in [0, 0.05) is 4.90 Å². The molecule has 2 rings (SSSR count). The number of aryl methyl sites for hydroxylation is 1. The van der Waals surface area contributed by atoms with Gasteiger partial charge in [-0.15, -0.1) is 12.6 Å². The molecule has 1 aromatic heterocycles. The van der Waals surface area contributed by atoms with Crippen LogP contribution in [0.2, 0.25) is 0 Å². The van der Waals surface area contributed by atoms with Crippen molar-refractivity contribution in [2.24, 2.45) is 0 Å². The maximum absolute atomic E-state index is 5.58. The number of hydrogen-bond donors (Lipinski definition) is 2.